The van der Waals surface area contributed by atoms with Crippen LogP contribution in [0.1, 0.15) is 51.4 Å². The van der Waals surface area contributed by atoms with Crippen LogP contribution in [0.5, 0.6) is 0 Å². The molecule has 2 N–H and O–H groups in total. The van der Waals surface area contributed by atoms with Gasteiger partial charge in [0, 0.05) is 25.7 Å². The number of nitrogens with zero attached hydrogens (tertiary/aromatic N) is 3. The molecule has 112 valence electrons. The molecule has 6 heteroatoms. The summed E-state index contributed by atoms with van der Waals surface area (Å²) >= 11 is 0. The zero-order valence-corrected chi connectivity index (χ0v) is 11.9. The van der Waals surface area contributed by atoms with Crippen LogP contribution in [0.25, 0.3) is 0 Å². The Morgan fingerprint density at radius 2 is 2.05 bits per heavy atom. The minimum atomic E-state index is -0.696. The van der Waals surface area contributed by atoms with Crippen molar-refractivity contribution in [2.24, 2.45) is 0 Å². The second kappa shape index (κ2) is 7.38. The van der Waals surface area contributed by atoms with Crippen LogP contribution in [0.4, 0.5) is 0 Å². The van der Waals surface area contributed by atoms with Gasteiger partial charge in [0.05, 0.1) is 11.8 Å². The smallest absolute Gasteiger partial charge is 0.220 e. The summed E-state index contributed by atoms with van der Waals surface area (Å²) in [6.07, 6.45) is 10.7. The molecule has 1 heterocycles. The Labute approximate surface area is 119 Å². The van der Waals surface area contributed by atoms with Crippen molar-refractivity contribution in [3.63, 3.8) is 0 Å². The van der Waals surface area contributed by atoms with Crippen molar-refractivity contribution in [3.05, 3.63) is 12.4 Å². The maximum atomic E-state index is 11.8. The molecule has 0 saturated heterocycles. The molecule has 0 aliphatic heterocycles. The van der Waals surface area contributed by atoms with Crippen LogP contribution in [-0.4, -0.2) is 38.2 Å². The van der Waals surface area contributed by atoms with Crippen molar-refractivity contribution >= 4 is 5.91 Å². The van der Waals surface area contributed by atoms with E-state index in [4.69, 9.17) is 0 Å². The van der Waals surface area contributed by atoms with Crippen molar-refractivity contribution in [3.8, 4) is 0 Å². The summed E-state index contributed by atoms with van der Waals surface area (Å²) < 4.78 is 1.71. The molecule has 20 heavy (non-hydrogen) atoms. The van der Waals surface area contributed by atoms with E-state index >= 15 is 0 Å². The van der Waals surface area contributed by atoms with Gasteiger partial charge in [0.1, 0.15) is 0 Å². The van der Waals surface area contributed by atoms with E-state index in [1.54, 1.807) is 17.1 Å². The van der Waals surface area contributed by atoms with E-state index in [0.717, 1.165) is 32.1 Å². The third kappa shape index (κ3) is 4.92. The van der Waals surface area contributed by atoms with Crippen LogP contribution in [0.2, 0.25) is 0 Å². The van der Waals surface area contributed by atoms with Gasteiger partial charge in [-0.1, -0.05) is 30.9 Å². The summed E-state index contributed by atoms with van der Waals surface area (Å²) in [6.45, 7) is 1.08. The molecular weight excluding hydrogens is 256 g/mol. The zero-order chi connectivity index (χ0) is 14.3. The molecule has 0 spiro atoms. The number of hydrogen-bond acceptors (Lipinski definition) is 4. The summed E-state index contributed by atoms with van der Waals surface area (Å²) in [7, 11) is 0. The Hall–Kier alpha value is -1.43. The fraction of sp³-hybridized carbons (Fsp3) is 0.786. The largest absolute Gasteiger partial charge is 0.388 e. The van der Waals surface area contributed by atoms with Crippen molar-refractivity contribution in [2.75, 3.05) is 6.54 Å². The van der Waals surface area contributed by atoms with Gasteiger partial charge in [-0.3, -0.25) is 9.48 Å². The first-order valence-electron chi connectivity index (χ1n) is 7.51. The summed E-state index contributed by atoms with van der Waals surface area (Å²) in [5.41, 5.74) is -0.696. The Bertz CT molecular complexity index is 397. The van der Waals surface area contributed by atoms with E-state index in [1.807, 2.05) is 0 Å². The standard InChI is InChI=1S/C14H24N4O2/c19-13(6-5-10-18-11-9-16-17-18)15-12-14(20)7-3-1-2-4-8-14/h9,11,20H,1-8,10,12H2,(H,15,19). The van der Waals surface area contributed by atoms with Gasteiger partial charge in [-0.25, -0.2) is 0 Å². The molecule has 0 aromatic carbocycles. The second-order valence-electron chi connectivity index (χ2n) is 5.68. The molecule has 1 amide bonds. The summed E-state index contributed by atoms with van der Waals surface area (Å²) in [6, 6.07) is 0. The maximum Gasteiger partial charge on any atom is 0.220 e. The predicted octanol–water partition coefficient (Wildman–Crippen LogP) is 1.26. The fourth-order valence-electron chi connectivity index (χ4n) is 2.67. The van der Waals surface area contributed by atoms with Crippen LogP contribution >= 0.6 is 0 Å². The Morgan fingerprint density at radius 1 is 1.30 bits per heavy atom. The van der Waals surface area contributed by atoms with Gasteiger partial charge >= 0.3 is 0 Å². The fourth-order valence-corrected chi connectivity index (χ4v) is 2.67. The van der Waals surface area contributed by atoms with Crippen molar-refractivity contribution in [1.29, 1.82) is 0 Å². The number of hydrogen-bond donors (Lipinski definition) is 2. The second-order valence-corrected chi connectivity index (χ2v) is 5.68. The van der Waals surface area contributed by atoms with E-state index in [0.29, 0.717) is 19.5 Å². The average Bonchev–Trinajstić information content (AvgIpc) is 2.85. The van der Waals surface area contributed by atoms with Gasteiger partial charge in [-0.2, -0.15) is 0 Å². The van der Waals surface area contributed by atoms with E-state index in [9.17, 15) is 9.90 Å². The molecule has 2 rings (SSSR count). The highest BCUT2D eigenvalue weighted by Gasteiger charge is 2.28. The molecule has 0 unspecified atom stereocenters. The minimum absolute atomic E-state index is 0.00258. The average molecular weight is 280 g/mol. The highest BCUT2D eigenvalue weighted by atomic mass is 16.3. The van der Waals surface area contributed by atoms with E-state index in [1.165, 1.54) is 12.8 Å². The Balaban J connectivity index is 1.63. The lowest BCUT2D eigenvalue weighted by molar-refractivity contribution is -0.122. The number of aliphatic hydroxyl groups is 1. The van der Waals surface area contributed by atoms with E-state index in [-0.39, 0.29) is 5.91 Å². The number of nitrogens with one attached hydrogen (secondary N) is 1. The number of aryl methyl sites for hydroxylation is 1. The molecule has 1 fully saturated rings. The lowest BCUT2D eigenvalue weighted by atomic mass is 9.94. The highest BCUT2D eigenvalue weighted by Crippen LogP contribution is 2.26. The molecule has 0 atom stereocenters. The van der Waals surface area contributed by atoms with Gasteiger partial charge < -0.3 is 10.4 Å². The first-order valence-corrected chi connectivity index (χ1v) is 7.51. The van der Waals surface area contributed by atoms with Crippen LogP contribution < -0.4 is 5.32 Å². The van der Waals surface area contributed by atoms with E-state index < -0.39 is 5.60 Å². The highest BCUT2D eigenvalue weighted by molar-refractivity contribution is 5.75. The van der Waals surface area contributed by atoms with Gasteiger partial charge in [0.2, 0.25) is 5.91 Å². The molecule has 1 aliphatic carbocycles. The quantitative estimate of drug-likeness (QED) is 0.769. The monoisotopic (exact) mass is 280 g/mol. The molecule has 1 aliphatic rings. The van der Waals surface area contributed by atoms with Crippen LogP contribution in [0, 0.1) is 0 Å². The predicted molar refractivity (Wildman–Crippen MR) is 74.9 cm³/mol. The van der Waals surface area contributed by atoms with Crippen LogP contribution in [0.3, 0.4) is 0 Å². The molecular formula is C14H24N4O2. The molecule has 6 nitrogen and oxygen atoms in total. The molecule has 1 saturated carbocycles. The van der Waals surface area contributed by atoms with Crippen LogP contribution in [0.15, 0.2) is 12.4 Å². The summed E-state index contributed by atoms with van der Waals surface area (Å²) in [4.78, 5) is 11.8. The molecule has 0 radical (unpaired) electrons. The minimum Gasteiger partial charge on any atom is -0.388 e. The first-order chi connectivity index (χ1) is 9.68. The summed E-state index contributed by atoms with van der Waals surface area (Å²) in [5.74, 6) is 0.00258. The topological polar surface area (TPSA) is 80.0 Å². The van der Waals surface area contributed by atoms with Gasteiger partial charge in [0.15, 0.2) is 0 Å². The number of carbonyl (C=O) groups excluding carboxylic acids is 1. The third-order valence-corrected chi connectivity index (χ3v) is 3.91. The normalized spacial score (nSPS) is 18.4. The number of carbonyl (C=O) groups is 1. The van der Waals surface area contributed by atoms with Gasteiger partial charge in [0.25, 0.3) is 0 Å². The first kappa shape index (κ1) is 15.0. The number of amides is 1. The lowest BCUT2D eigenvalue weighted by Gasteiger charge is -2.26. The molecule has 1 aromatic heterocycles. The maximum absolute atomic E-state index is 11.8. The number of rotatable bonds is 6. The van der Waals surface area contributed by atoms with Gasteiger partial charge in [-0.15, -0.1) is 5.10 Å². The molecule has 1 aromatic rings. The number of aromatic nitrogens is 3. The Morgan fingerprint density at radius 3 is 2.70 bits per heavy atom. The van der Waals surface area contributed by atoms with E-state index in [2.05, 4.69) is 15.6 Å². The third-order valence-electron chi connectivity index (χ3n) is 3.91. The van der Waals surface area contributed by atoms with Crippen molar-refractivity contribution < 1.29 is 9.90 Å². The van der Waals surface area contributed by atoms with Crippen molar-refractivity contribution in [1.82, 2.24) is 20.3 Å². The van der Waals surface area contributed by atoms with Crippen LogP contribution in [-0.2, 0) is 11.3 Å². The zero-order valence-electron chi connectivity index (χ0n) is 11.9. The Kier molecular flexibility index (Phi) is 5.52. The van der Waals surface area contributed by atoms with Crippen molar-refractivity contribution in [2.45, 2.75) is 63.5 Å². The molecule has 0 bridgehead atoms. The SMILES string of the molecule is O=C(CCCn1ccnn1)NCC1(O)CCCCCC1. The lowest BCUT2D eigenvalue weighted by Crippen LogP contribution is -2.42. The summed E-state index contributed by atoms with van der Waals surface area (Å²) in [5, 5.41) is 20.9. The van der Waals surface area contributed by atoms with Gasteiger partial charge in [-0.05, 0) is 19.3 Å².